The fourth-order valence-electron chi connectivity index (χ4n) is 2.05. The minimum atomic E-state index is -0.458. The maximum Gasteiger partial charge on any atom is 0.358 e. The third kappa shape index (κ3) is 2.60. The van der Waals surface area contributed by atoms with Gasteiger partial charge in [-0.3, -0.25) is 9.38 Å². The Bertz CT molecular complexity index is 799. The van der Waals surface area contributed by atoms with E-state index in [0.29, 0.717) is 17.4 Å². The van der Waals surface area contributed by atoms with E-state index in [4.69, 9.17) is 16.3 Å². The average Bonchev–Trinajstić information content (AvgIpc) is 2.93. The maximum atomic E-state index is 11.7. The Morgan fingerprint density at radius 1 is 1.38 bits per heavy atom. The fraction of sp³-hybridized carbons (Fsp3) is 0.133. The lowest BCUT2D eigenvalue weighted by Gasteiger charge is -2.03. The van der Waals surface area contributed by atoms with Crippen molar-refractivity contribution in [1.29, 1.82) is 0 Å². The van der Waals surface area contributed by atoms with E-state index in [1.165, 1.54) is 0 Å². The quantitative estimate of drug-likeness (QED) is 0.550. The topological polar surface area (TPSA) is 56.5 Å². The molecule has 0 bridgehead atoms. The number of imidazole rings is 1. The van der Waals surface area contributed by atoms with Gasteiger partial charge in [0.05, 0.1) is 6.61 Å². The van der Waals surface area contributed by atoms with E-state index in [0.717, 1.165) is 11.1 Å². The first-order valence-electron chi connectivity index (χ1n) is 6.45. The van der Waals surface area contributed by atoms with Gasteiger partial charge in [0.1, 0.15) is 10.8 Å². The van der Waals surface area contributed by atoms with Crippen LogP contribution in [0.15, 0.2) is 42.9 Å². The van der Waals surface area contributed by atoms with Crippen molar-refractivity contribution < 1.29 is 9.53 Å². The summed E-state index contributed by atoms with van der Waals surface area (Å²) in [6.45, 7) is 2.06. The lowest BCUT2D eigenvalue weighted by atomic mass is 10.1. The molecule has 106 valence electrons. The Morgan fingerprint density at radius 2 is 2.24 bits per heavy atom. The molecule has 0 unspecified atom stereocenters. The van der Waals surface area contributed by atoms with E-state index >= 15 is 0 Å². The molecule has 0 saturated heterocycles. The number of esters is 1. The molecule has 3 rings (SSSR count). The molecule has 0 aliphatic carbocycles. The first-order valence-corrected chi connectivity index (χ1v) is 6.83. The molecule has 0 radical (unpaired) electrons. The second-order valence-electron chi connectivity index (χ2n) is 4.38. The first kappa shape index (κ1) is 13.6. The molecular formula is C15H12ClN3O2. The third-order valence-corrected chi connectivity index (χ3v) is 3.29. The second kappa shape index (κ2) is 5.54. The molecule has 6 heteroatoms. The smallest absolute Gasteiger partial charge is 0.358 e. The summed E-state index contributed by atoms with van der Waals surface area (Å²) in [6.07, 6.45) is 5.03. The summed E-state index contributed by atoms with van der Waals surface area (Å²) in [4.78, 5) is 20.1. The van der Waals surface area contributed by atoms with Crippen LogP contribution in [0.3, 0.4) is 0 Å². The normalized spacial score (nSPS) is 10.8. The molecule has 5 nitrogen and oxygen atoms in total. The van der Waals surface area contributed by atoms with E-state index in [2.05, 4.69) is 9.97 Å². The van der Waals surface area contributed by atoms with Crippen LogP contribution >= 0.6 is 11.6 Å². The molecule has 3 aromatic rings. The van der Waals surface area contributed by atoms with Crippen LogP contribution in [-0.2, 0) is 4.74 Å². The third-order valence-electron chi connectivity index (χ3n) is 3.00. The van der Waals surface area contributed by atoms with Crippen molar-refractivity contribution in [3.8, 4) is 11.1 Å². The molecule has 0 fully saturated rings. The predicted molar refractivity (Wildman–Crippen MR) is 79.4 cm³/mol. The van der Waals surface area contributed by atoms with Crippen LogP contribution < -0.4 is 0 Å². The minimum Gasteiger partial charge on any atom is -0.461 e. The first-order chi connectivity index (χ1) is 10.2. The zero-order valence-electron chi connectivity index (χ0n) is 11.3. The molecule has 0 saturated carbocycles. The number of nitrogens with zero attached hydrogens (tertiary/aromatic N) is 3. The fourth-order valence-corrected chi connectivity index (χ4v) is 2.30. The largest absolute Gasteiger partial charge is 0.461 e. The monoisotopic (exact) mass is 301 g/mol. The van der Waals surface area contributed by atoms with Crippen molar-refractivity contribution in [3.63, 3.8) is 0 Å². The van der Waals surface area contributed by atoms with Crippen molar-refractivity contribution in [2.24, 2.45) is 0 Å². The predicted octanol–water partition coefficient (Wildman–Crippen LogP) is 3.23. The highest BCUT2D eigenvalue weighted by Gasteiger charge is 2.14. The van der Waals surface area contributed by atoms with Gasteiger partial charge in [0.15, 0.2) is 5.69 Å². The average molecular weight is 302 g/mol. The number of rotatable bonds is 3. The van der Waals surface area contributed by atoms with E-state index in [1.54, 1.807) is 29.9 Å². The van der Waals surface area contributed by atoms with Gasteiger partial charge in [-0.2, -0.15) is 0 Å². The number of carbonyl (C=O) groups is 1. The van der Waals surface area contributed by atoms with Gasteiger partial charge < -0.3 is 4.74 Å². The molecule has 0 aliphatic rings. The van der Waals surface area contributed by atoms with Crippen molar-refractivity contribution >= 4 is 23.2 Å². The number of ether oxygens (including phenoxy) is 1. The molecule has 3 aromatic heterocycles. The van der Waals surface area contributed by atoms with E-state index in [-0.39, 0.29) is 5.69 Å². The zero-order chi connectivity index (χ0) is 14.8. The van der Waals surface area contributed by atoms with Crippen LogP contribution in [0.1, 0.15) is 17.4 Å². The van der Waals surface area contributed by atoms with E-state index in [9.17, 15) is 4.79 Å². The van der Waals surface area contributed by atoms with E-state index in [1.807, 2.05) is 24.3 Å². The summed E-state index contributed by atoms with van der Waals surface area (Å²) in [5.41, 5.74) is 2.65. The number of halogens is 1. The van der Waals surface area contributed by atoms with Crippen LogP contribution in [0.2, 0.25) is 5.15 Å². The van der Waals surface area contributed by atoms with Crippen LogP contribution in [0.4, 0.5) is 0 Å². The van der Waals surface area contributed by atoms with Crippen molar-refractivity contribution in [2.45, 2.75) is 6.92 Å². The summed E-state index contributed by atoms with van der Waals surface area (Å²) in [6, 6.07) is 7.45. The highest BCUT2D eigenvalue weighted by molar-refractivity contribution is 6.30. The SMILES string of the molecule is CCOC(=O)c1cn2c(Cl)cc(-c3cccnc3)cc2n1. The number of pyridine rings is 2. The molecule has 21 heavy (non-hydrogen) atoms. The standard InChI is InChI=1S/C15H12ClN3O2/c1-2-21-15(20)12-9-19-13(16)6-11(7-14(19)18-12)10-4-3-5-17-8-10/h3-9H,2H2,1H3. The summed E-state index contributed by atoms with van der Waals surface area (Å²) >= 11 is 6.26. The van der Waals surface area contributed by atoms with Crippen LogP contribution in [0, 0.1) is 0 Å². The van der Waals surface area contributed by atoms with Gasteiger partial charge in [-0.25, -0.2) is 9.78 Å². The Balaban J connectivity index is 2.10. The molecule has 0 spiro atoms. The van der Waals surface area contributed by atoms with E-state index < -0.39 is 5.97 Å². The van der Waals surface area contributed by atoms with Gasteiger partial charge in [-0.1, -0.05) is 17.7 Å². The van der Waals surface area contributed by atoms with Crippen molar-refractivity contribution in [2.75, 3.05) is 6.61 Å². The molecule has 0 N–H and O–H groups in total. The highest BCUT2D eigenvalue weighted by atomic mass is 35.5. The lowest BCUT2D eigenvalue weighted by Crippen LogP contribution is -2.04. The van der Waals surface area contributed by atoms with Gasteiger partial charge in [-0.05, 0) is 30.7 Å². The molecular weight excluding hydrogens is 290 g/mol. The zero-order valence-corrected chi connectivity index (χ0v) is 12.0. The number of carbonyl (C=O) groups excluding carboxylic acids is 1. The lowest BCUT2D eigenvalue weighted by molar-refractivity contribution is 0.0520. The van der Waals surface area contributed by atoms with Crippen LogP contribution in [0.5, 0.6) is 0 Å². The maximum absolute atomic E-state index is 11.7. The highest BCUT2D eigenvalue weighted by Crippen LogP contribution is 2.25. The van der Waals surface area contributed by atoms with Gasteiger partial charge >= 0.3 is 5.97 Å². The minimum absolute atomic E-state index is 0.238. The Morgan fingerprint density at radius 3 is 2.95 bits per heavy atom. The van der Waals surface area contributed by atoms with Gasteiger partial charge in [-0.15, -0.1) is 0 Å². The number of aromatic nitrogens is 3. The molecule has 0 aromatic carbocycles. The number of fused-ring (bicyclic) bond motifs is 1. The van der Waals surface area contributed by atoms with Gasteiger partial charge in [0.25, 0.3) is 0 Å². The Kier molecular flexibility index (Phi) is 3.58. The second-order valence-corrected chi connectivity index (χ2v) is 4.77. The van der Waals surface area contributed by atoms with Crippen LogP contribution in [-0.4, -0.2) is 26.9 Å². The summed E-state index contributed by atoms with van der Waals surface area (Å²) in [5, 5.41) is 0.467. The van der Waals surface area contributed by atoms with Crippen LogP contribution in [0.25, 0.3) is 16.8 Å². The summed E-state index contributed by atoms with van der Waals surface area (Å²) in [7, 11) is 0. The Labute approximate surface area is 126 Å². The van der Waals surface area contributed by atoms with Gasteiger partial charge in [0.2, 0.25) is 0 Å². The molecule has 0 aliphatic heterocycles. The Hall–Kier alpha value is -2.40. The number of hydrogen-bond acceptors (Lipinski definition) is 4. The summed E-state index contributed by atoms with van der Waals surface area (Å²) in [5.74, 6) is -0.458. The molecule has 3 heterocycles. The molecule has 0 amide bonds. The summed E-state index contributed by atoms with van der Waals surface area (Å²) < 4.78 is 6.59. The van der Waals surface area contributed by atoms with Crippen molar-refractivity contribution in [3.05, 3.63) is 53.7 Å². The number of hydrogen-bond donors (Lipinski definition) is 0. The van der Waals surface area contributed by atoms with Crippen molar-refractivity contribution in [1.82, 2.24) is 14.4 Å². The molecule has 0 atom stereocenters. The van der Waals surface area contributed by atoms with Gasteiger partial charge in [0, 0.05) is 24.2 Å².